The van der Waals surface area contributed by atoms with Crippen LogP contribution in [0.15, 0.2) is 53.7 Å². The molecule has 0 radical (unpaired) electrons. The van der Waals surface area contributed by atoms with Crippen LogP contribution in [-0.4, -0.2) is 35.8 Å². The van der Waals surface area contributed by atoms with Gasteiger partial charge in [-0.15, -0.1) is 0 Å². The fourth-order valence-electron chi connectivity index (χ4n) is 4.74. The van der Waals surface area contributed by atoms with Crippen molar-refractivity contribution in [3.8, 4) is 11.8 Å². The largest absolute Gasteiger partial charge is 0.493 e. The molecule has 3 aromatic rings. The first-order valence-corrected chi connectivity index (χ1v) is 13.2. The molecule has 0 unspecified atom stereocenters. The molecule has 1 aromatic heterocycles. The summed E-state index contributed by atoms with van der Waals surface area (Å²) in [5.41, 5.74) is 1.87. The van der Waals surface area contributed by atoms with Crippen LogP contribution in [-0.2, 0) is 10.0 Å². The van der Waals surface area contributed by atoms with Crippen LogP contribution < -0.4 is 9.46 Å². The lowest BCUT2D eigenvalue weighted by molar-refractivity contribution is 0.0550. The maximum atomic E-state index is 13.6. The smallest absolute Gasteiger partial charge is 0.263 e. The first kappa shape index (κ1) is 22.7. The van der Waals surface area contributed by atoms with Crippen molar-refractivity contribution in [1.29, 1.82) is 5.26 Å². The van der Waals surface area contributed by atoms with Gasteiger partial charge in [0.1, 0.15) is 17.9 Å². The average molecular weight is 500 g/mol. The molecule has 0 amide bonds. The number of piperidine rings is 1. The molecule has 0 spiro atoms. The molecular weight excluding hydrogens is 477 g/mol. The lowest BCUT2D eigenvalue weighted by Crippen LogP contribution is -2.41. The van der Waals surface area contributed by atoms with Crippen LogP contribution >= 0.6 is 11.5 Å². The SMILES string of the molecule is N#C[C@@H]1CCN([C@@H]2CCOc3cc(S(=O)(=O)Nc4ncns4)ccc32)[C@H](c2ccc(F)cc2)C1. The lowest BCUT2D eigenvalue weighted by Gasteiger charge is -2.44. The molecule has 2 aliphatic heterocycles. The number of fused-ring (bicyclic) bond motifs is 1. The molecule has 3 heterocycles. The second-order valence-electron chi connectivity index (χ2n) is 8.36. The van der Waals surface area contributed by atoms with E-state index in [1.807, 2.05) is 0 Å². The maximum absolute atomic E-state index is 13.6. The van der Waals surface area contributed by atoms with Crippen LogP contribution in [0.4, 0.5) is 9.52 Å². The molecule has 3 atom stereocenters. The van der Waals surface area contributed by atoms with E-state index < -0.39 is 10.0 Å². The highest BCUT2D eigenvalue weighted by atomic mass is 32.2. The van der Waals surface area contributed by atoms with Crippen molar-refractivity contribution in [2.24, 2.45) is 5.92 Å². The summed E-state index contributed by atoms with van der Waals surface area (Å²) >= 11 is 0.958. The van der Waals surface area contributed by atoms with Gasteiger partial charge in [-0.2, -0.15) is 9.64 Å². The number of hydrogen-bond acceptors (Lipinski definition) is 8. The standard InChI is InChI=1S/C23H22FN5O3S2/c24-17-3-1-16(2-4-17)21-11-15(13-25)7-9-29(21)20-8-10-32-22-12-18(5-6-19(20)22)34(30,31)28-23-26-14-27-33-23/h1-6,12,14-15,20-21H,7-11H2,(H,26,27,28)/t15-,20-,21+/m1/s1. The second-order valence-corrected chi connectivity index (χ2v) is 10.8. The van der Waals surface area contributed by atoms with E-state index in [2.05, 4.69) is 25.0 Å². The molecule has 34 heavy (non-hydrogen) atoms. The van der Waals surface area contributed by atoms with Crippen molar-refractivity contribution >= 4 is 26.7 Å². The summed E-state index contributed by atoms with van der Waals surface area (Å²) in [6.45, 7) is 1.16. The molecule has 1 fully saturated rings. The number of rotatable bonds is 5. The molecule has 0 bridgehead atoms. The lowest BCUT2D eigenvalue weighted by atomic mass is 9.85. The molecule has 2 aliphatic rings. The number of likely N-dealkylation sites (tertiary alicyclic amines) is 1. The molecule has 1 N–H and O–H groups in total. The third-order valence-corrected chi connectivity index (χ3v) is 8.41. The summed E-state index contributed by atoms with van der Waals surface area (Å²) in [5.74, 6) is 0.163. The van der Waals surface area contributed by atoms with Gasteiger partial charge in [0, 0.05) is 54.1 Å². The van der Waals surface area contributed by atoms with Crippen molar-refractivity contribution in [3.63, 3.8) is 0 Å². The topological polar surface area (TPSA) is 108 Å². The van der Waals surface area contributed by atoms with E-state index in [1.54, 1.807) is 30.3 Å². The monoisotopic (exact) mass is 499 g/mol. The Labute approximate surface area is 201 Å². The van der Waals surface area contributed by atoms with E-state index in [0.717, 1.165) is 35.5 Å². The van der Waals surface area contributed by atoms with Gasteiger partial charge in [-0.3, -0.25) is 9.62 Å². The van der Waals surface area contributed by atoms with Gasteiger partial charge in [0.15, 0.2) is 0 Å². The molecule has 0 saturated carbocycles. The molecule has 2 aromatic carbocycles. The number of nitrogens with zero attached hydrogens (tertiary/aromatic N) is 4. The Bertz CT molecular complexity index is 1310. The molecule has 5 rings (SSSR count). The zero-order valence-corrected chi connectivity index (χ0v) is 19.7. The van der Waals surface area contributed by atoms with Crippen molar-refractivity contribution in [2.45, 2.75) is 36.2 Å². The van der Waals surface area contributed by atoms with Gasteiger partial charge in [-0.25, -0.2) is 17.8 Å². The van der Waals surface area contributed by atoms with Crippen molar-refractivity contribution in [2.75, 3.05) is 17.9 Å². The first-order valence-electron chi connectivity index (χ1n) is 10.9. The third-order valence-electron chi connectivity index (χ3n) is 6.37. The Kier molecular flexibility index (Phi) is 6.20. The van der Waals surface area contributed by atoms with Gasteiger partial charge >= 0.3 is 0 Å². The summed E-state index contributed by atoms with van der Waals surface area (Å²) in [6.07, 6.45) is 3.43. The van der Waals surface area contributed by atoms with E-state index in [1.165, 1.54) is 18.5 Å². The number of benzene rings is 2. The Morgan fingerprint density at radius 3 is 2.74 bits per heavy atom. The summed E-state index contributed by atoms with van der Waals surface area (Å²) in [6, 6.07) is 13.7. The van der Waals surface area contributed by atoms with Crippen molar-refractivity contribution in [1.82, 2.24) is 14.3 Å². The van der Waals surface area contributed by atoms with E-state index >= 15 is 0 Å². The predicted molar refractivity (Wildman–Crippen MR) is 124 cm³/mol. The Balaban J connectivity index is 1.46. The fourth-order valence-corrected chi connectivity index (χ4v) is 6.42. The van der Waals surface area contributed by atoms with Gasteiger partial charge in [-0.1, -0.05) is 18.2 Å². The van der Waals surface area contributed by atoms with Crippen LogP contribution in [0.2, 0.25) is 0 Å². The third kappa shape index (κ3) is 4.49. The summed E-state index contributed by atoms with van der Waals surface area (Å²) < 4.78 is 51.3. The van der Waals surface area contributed by atoms with Crippen LogP contribution in [0.3, 0.4) is 0 Å². The van der Waals surface area contributed by atoms with Crippen LogP contribution in [0.25, 0.3) is 0 Å². The van der Waals surface area contributed by atoms with Gasteiger partial charge in [-0.05, 0) is 36.6 Å². The minimum absolute atomic E-state index is 0.00804. The second kappa shape index (κ2) is 9.29. The predicted octanol–water partition coefficient (Wildman–Crippen LogP) is 4.28. The van der Waals surface area contributed by atoms with Crippen molar-refractivity contribution in [3.05, 3.63) is 65.7 Å². The van der Waals surface area contributed by atoms with E-state index in [0.29, 0.717) is 25.3 Å². The Morgan fingerprint density at radius 2 is 2.00 bits per heavy atom. The zero-order chi connectivity index (χ0) is 23.7. The van der Waals surface area contributed by atoms with E-state index in [9.17, 15) is 18.1 Å². The van der Waals surface area contributed by atoms with Crippen molar-refractivity contribution < 1.29 is 17.5 Å². The quantitative estimate of drug-likeness (QED) is 0.558. The minimum atomic E-state index is -3.83. The number of ether oxygens (including phenoxy) is 1. The number of anilines is 1. The molecular formula is C23H22FN5O3S2. The van der Waals surface area contributed by atoms with Gasteiger partial charge in [0.2, 0.25) is 5.13 Å². The van der Waals surface area contributed by atoms with Gasteiger partial charge in [0.05, 0.1) is 17.6 Å². The highest BCUT2D eigenvalue weighted by molar-refractivity contribution is 7.93. The number of hydrogen-bond donors (Lipinski definition) is 1. The maximum Gasteiger partial charge on any atom is 0.263 e. The van der Waals surface area contributed by atoms with Crippen LogP contribution in [0.5, 0.6) is 5.75 Å². The first-order chi connectivity index (χ1) is 16.4. The highest BCUT2D eigenvalue weighted by Crippen LogP contribution is 2.45. The normalized spacial score (nSPS) is 22.9. The Hall–Kier alpha value is -3.07. The molecule has 176 valence electrons. The average Bonchev–Trinajstić information content (AvgIpc) is 3.36. The molecule has 11 heteroatoms. The fraction of sp³-hybridized carbons (Fsp3) is 0.348. The highest BCUT2D eigenvalue weighted by Gasteiger charge is 2.37. The number of nitrogens with one attached hydrogen (secondary N) is 1. The molecule has 0 aliphatic carbocycles. The van der Waals surface area contributed by atoms with E-state index in [4.69, 9.17) is 4.74 Å². The van der Waals surface area contributed by atoms with Gasteiger partial charge in [0.25, 0.3) is 10.0 Å². The zero-order valence-electron chi connectivity index (χ0n) is 18.1. The molecule has 8 nitrogen and oxygen atoms in total. The van der Waals surface area contributed by atoms with Gasteiger partial charge < -0.3 is 4.74 Å². The minimum Gasteiger partial charge on any atom is -0.493 e. The number of halogens is 1. The summed E-state index contributed by atoms with van der Waals surface area (Å²) in [7, 11) is -3.83. The van der Waals surface area contributed by atoms with E-state index in [-0.39, 0.29) is 33.8 Å². The number of nitriles is 1. The molecule has 1 saturated heterocycles. The summed E-state index contributed by atoms with van der Waals surface area (Å²) in [5, 5.41) is 9.73. The van der Waals surface area contributed by atoms with Crippen LogP contribution in [0, 0.1) is 23.1 Å². The number of sulfonamides is 1. The number of aromatic nitrogens is 2. The van der Waals surface area contributed by atoms with Crippen LogP contribution in [0.1, 0.15) is 42.5 Å². The summed E-state index contributed by atoms with van der Waals surface area (Å²) in [4.78, 5) is 6.30. The Morgan fingerprint density at radius 1 is 1.18 bits per heavy atom.